The van der Waals surface area contributed by atoms with Gasteiger partial charge in [0.05, 0.1) is 13.2 Å². The summed E-state index contributed by atoms with van der Waals surface area (Å²) in [5.41, 5.74) is 0. The molecule has 27 heavy (non-hydrogen) atoms. The first-order valence-electron chi connectivity index (χ1n) is 10.1. The number of rotatable bonds is 5. The third kappa shape index (κ3) is 4.77. The van der Waals surface area contributed by atoms with Crippen LogP contribution < -0.4 is 5.32 Å². The van der Waals surface area contributed by atoms with Gasteiger partial charge in [-0.25, -0.2) is 4.79 Å². The van der Waals surface area contributed by atoms with Crippen molar-refractivity contribution in [1.29, 1.82) is 0 Å². The van der Waals surface area contributed by atoms with E-state index in [1.165, 1.54) is 0 Å². The summed E-state index contributed by atoms with van der Waals surface area (Å²) in [7, 11) is 0. The molecular formula is C18H29N5O4. The molecule has 1 atom stereocenters. The third-order valence-electron chi connectivity index (χ3n) is 5.63. The van der Waals surface area contributed by atoms with Gasteiger partial charge in [0.15, 0.2) is 5.82 Å². The molecule has 3 fully saturated rings. The predicted molar refractivity (Wildman–Crippen MR) is 96.3 cm³/mol. The van der Waals surface area contributed by atoms with Crippen LogP contribution in [-0.4, -0.2) is 84.6 Å². The molecule has 3 saturated heterocycles. The zero-order valence-corrected chi connectivity index (χ0v) is 15.8. The van der Waals surface area contributed by atoms with Crippen LogP contribution in [0.2, 0.25) is 0 Å². The quantitative estimate of drug-likeness (QED) is 0.815. The molecule has 4 heterocycles. The molecule has 0 aliphatic carbocycles. The molecule has 1 N–H and O–H groups in total. The summed E-state index contributed by atoms with van der Waals surface area (Å²) >= 11 is 0. The van der Waals surface area contributed by atoms with Crippen LogP contribution in [0, 0.1) is 0 Å². The summed E-state index contributed by atoms with van der Waals surface area (Å²) in [6.45, 7) is 6.54. The smallest absolute Gasteiger partial charge is 0.317 e. The highest BCUT2D eigenvalue weighted by molar-refractivity contribution is 5.74. The molecule has 2 amide bonds. The lowest BCUT2D eigenvalue weighted by atomic mass is 10.0. The fraction of sp³-hybridized carbons (Fsp3) is 0.833. The van der Waals surface area contributed by atoms with Crippen LogP contribution in [0.25, 0.3) is 0 Å². The molecule has 1 aromatic rings. The third-order valence-corrected chi connectivity index (χ3v) is 5.63. The van der Waals surface area contributed by atoms with Gasteiger partial charge in [-0.05, 0) is 25.7 Å². The molecule has 0 spiro atoms. The monoisotopic (exact) mass is 379 g/mol. The van der Waals surface area contributed by atoms with E-state index < -0.39 is 0 Å². The van der Waals surface area contributed by atoms with Gasteiger partial charge < -0.3 is 24.2 Å². The molecule has 0 saturated carbocycles. The zero-order chi connectivity index (χ0) is 18.5. The van der Waals surface area contributed by atoms with Crippen LogP contribution in [0.4, 0.5) is 4.79 Å². The Kier molecular flexibility index (Phi) is 6.21. The average molecular weight is 379 g/mol. The lowest BCUT2D eigenvalue weighted by Gasteiger charge is -2.40. The van der Waals surface area contributed by atoms with E-state index in [1.807, 2.05) is 4.90 Å². The predicted octanol–water partition coefficient (Wildman–Crippen LogP) is 0.970. The molecule has 150 valence electrons. The van der Waals surface area contributed by atoms with E-state index in [0.29, 0.717) is 30.7 Å². The van der Waals surface area contributed by atoms with E-state index in [2.05, 4.69) is 20.4 Å². The highest BCUT2D eigenvalue weighted by Crippen LogP contribution is 2.26. The number of amides is 2. The van der Waals surface area contributed by atoms with Gasteiger partial charge in [-0.1, -0.05) is 5.16 Å². The minimum absolute atomic E-state index is 0.00160. The van der Waals surface area contributed by atoms with Crippen LogP contribution in [0.3, 0.4) is 0 Å². The second-order valence-corrected chi connectivity index (χ2v) is 7.40. The number of ether oxygens (including phenoxy) is 2. The number of carbonyl (C=O) groups is 1. The molecule has 3 aliphatic rings. The number of likely N-dealkylation sites (tertiary alicyclic amines) is 1. The minimum atomic E-state index is -0.0615. The van der Waals surface area contributed by atoms with Crippen molar-refractivity contribution >= 4 is 6.03 Å². The number of hydrogen-bond acceptors (Lipinski definition) is 7. The maximum Gasteiger partial charge on any atom is 0.317 e. The van der Waals surface area contributed by atoms with Gasteiger partial charge >= 0.3 is 6.03 Å². The first-order valence-corrected chi connectivity index (χ1v) is 10.1. The highest BCUT2D eigenvalue weighted by atomic mass is 16.5. The Morgan fingerprint density at radius 2 is 1.93 bits per heavy atom. The summed E-state index contributed by atoms with van der Waals surface area (Å²) in [6.07, 6.45) is 4.52. The van der Waals surface area contributed by atoms with Crippen LogP contribution in [0.15, 0.2) is 4.52 Å². The van der Waals surface area contributed by atoms with E-state index in [4.69, 9.17) is 14.0 Å². The molecule has 3 aliphatic heterocycles. The summed E-state index contributed by atoms with van der Waals surface area (Å²) in [4.78, 5) is 21.2. The van der Waals surface area contributed by atoms with Crippen molar-refractivity contribution in [2.45, 2.75) is 44.2 Å². The zero-order valence-electron chi connectivity index (χ0n) is 15.8. The number of morpholine rings is 1. The maximum atomic E-state index is 12.4. The van der Waals surface area contributed by atoms with Gasteiger partial charge in [-0.15, -0.1) is 0 Å². The normalized spacial score (nSPS) is 25.0. The minimum Gasteiger partial charge on any atom is -0.379 e. The molecule has 1 aromatic heterocycles. The van der Waals surface area contributed by atoms with Crippen LogP contribution in [0.5, 0.6) is 0 Å². The summed E-state index contributed by atoms with van der Waals surface area (Å²) in [5.74, 6) is 1.17. The molecule has 4 rings (SSSR count). The van der Waals surface area contributed by atoms with Gasteiger partial charge in [0.25, 0.3) is 5.89 Å². The maximum absolute atomic E-state index is 12.4. The van der Waals surface area contributed by atoms with Crippen molar-refractivity contribution in [1.82, 2.24) is 25.3 Å². The fourth-order valence-corrected chi connectivity index (χ4v) is 4.04. The number of nitrogens with zero attached hydrogens (tertiary/aromatic N) is 4. The molecule has 0 bridgehead atoms. The number of carbonyl (C=O) groups excluding carboxylic acids is 1. The van der Waals surface area contributed by atoms with E-state index >= 15 is 0 Å². The SMILES string of the molecule is O=C(NCCc1noc([C@@H]2CCCO2)n1)N1CCC(N2CCOCC2)CC1. The first kappa shape index (κ1) is 18.6. The molecule has 9 nitrogen and oxygen atoms in total. The second kappa shape index (κ2) is 8.99. The van der Waals surface area contributed by atoms with Crippen molar-refractivity contribution in [3.63, 3.8) is 0 Å². The van der Waals surface area contributed by atoms with Gasteiger partial charge in [0.2, 0.25) is 0 Å². The Bertz CT molecular complexity index is 605. The molecule has 0 radical (unpaired) electrons. The summed E-state index contributed by atoms with van der Waals surface area (Å²) in [6, 6.07) is 0.576. The van der Waals surface area contributed by atoms with E-state index in [9.17, 15) is 4.79 Å². The van der Waals surface area contributed by atoms with Gasteiger partial charge in [-0.3, -0.25) is 4.90 Å². The largest absolute Gasteiger partial charge is 0.379 e. The number of piperidine rings is 1. The lowest BCUT2D eigenvalue weighted by Crippen LogP contribution is -2.52. The topological polar surface area (TPSA) is 93.0 Å². The van der Waals surface area contributed by atoms with E-state index in [1.54, 1.807) is 0 Å². The Balaban J connectivity index is 1.16. The van der Waals surface area contributed by atoms with E-state index in [-0.39, 0.29) is 12.1 Å². The molecule has 0 aromatic carbocycles. The number of aromatic nitrogens is 2. The Labute approximate surface area is 159 Å². The van der Waals surface area contributed by atoms with Gasteiger partial charge in [0.1, 0.15) is 6.10 Å². The number of hydrogen-bond donors (Lipinski definition) is 1. The average Bonchev–Trinajstić information content (AvgIpc) is 3.40. The first-order chi connectivity index (χ1) is 13.3. The number of urea groups is 1. The fourth-order valence-electron chi connectivity index (χ4n) is 4.04. The van der Waals surface area contributed by atoms with Crippen molar-refractivity contribution in [3.05, 3.63) is 11.7 Å². The van der Waals surface area contributed by atoms with Crippen molar-refractivity contribution in [2.24, 2.45) is 0 Å². The van der Waals surface area contributed by atoms with Crippen molar-refractivity contribution in [3.8, 4) is 0 Å². The standard InChI is InChI=1S/C18H29N5O4/c24-18(23-7-4-14(5-8-23)22-9-12-25-13-10-22)19-6-3-16-20-17(27-21-16)15-2-1-11-26-15/h14-15H,1-13H2,(H,19,24)/t15-/m0/s1. The van der Waals surface area contributed by atoms with Gasteiger partial charge in [0, 0.05) is 51.8 Å². The van der Waals surface area contributed by atoms with Crippen LogP contribution in [0.1, 0.15) is 43.5 Å². The Morgan fingerprint density at radius 3 is 2.67 bits per heavy atom. The Morgan fingerprint density at radius 1 is 1.11 bits per heavy atom. The van der Waals surface area contributed by atoms with Crippen molar-refractivity contribution < 1.29 is 18.8 Å². The van der Waals surface area contributed by atoms with Gasteiger partial charge in [-0.2, -0.15) is 4.98 Å². The summed E-state index contributed by atoms with van der Waals surface area (Å²) in [5, 5.41) is 6.96. The molecule has 0 unspecified atom stereocenters. The highest BCUT2D eigenvalue weighted by Gasteiger charge is 2.28. The second-order valence-electron chi connectivity index (χ2n) is 7.40. The van der Waals surface area contributed by atoms with Crippen LogP contribution in [-0.2, 0) is 15.9 Å². The number of nitrogens with one attached hydrogen (secondary N) is 1. The summed E-state index contributed by atoms with van der Waals surface area (Å²) < 4.78 is 16.2. The molecular weight excluding hydrogens is 350 g/mol. The molecule has 9 heteroatoms. The Hall–Kier alpha value is -1.71. The van der Waals surface area contributed by atoms with E-state index in [0.717, 1.165) is 71.7 Å². The van der Waals surface area contributed by atoms with Crippen molar-refractivity contribution in [2.75, 3.05) is 52.5 Å². The van der Waals surface area contributed by atoms with Crippen LogP contribution >= 0.6 is 0 Å². The lowest BCUT2D eigenvalue weighted by molar-refractivity contribution is 0.00381.